The van der Waals surface area contributed by atoms with Gasteiger partial charge in [-0.3, -0.25) is 4.79 Å². The topological polar surface area (TPSA) is 20.3 Å². The average Bonchev–Trinajstić information content (AvgIpc) is 2.63. The summed E-state index contributed by atoms with van der Waals surface area (Å²) < 4.78 is -0.398. The number of alkyl halides is 1. The van der Waals surface area contributed by atoms with Crippen LogP contribution in [0.5, 0.6) is 0 Å². The van der Waals surface area contributed by atoms with Crippen molar-refractivity contribution in [1.29, 1.82) is 0 Å². The van der Waals surface area contributed by atoms with E-state index in [4.69, 9.17) is 0 Å². The molecule has 0 aliphatic heterocycles. The molecule has 0 bridgehead atoms. The maximum Gasteiger partial charge on any atom is 0.238 e. The summed E-state index contributed by atoms with van der Waals surface area (Å²) in [5.41, 5.74) is 0. The van der Waals surface area contributed by atoms with Gasteiger partial charge in [-0.05, 0) is 26.7 Å². The zero-order chi connectivity index (χ0) is 8.65. The van der Waals surface area contributed by atoms with E-state index < -0.39 is 4.32 Å². The van der Waals surface area contributed by atoms with Crippen LogP contribution in [-0.2, 0) is 4.79 Å². The monoisotopic (exact) mass is 219 g/mol. The molecule has 0 radical (unpaired) electrons. The molecule has 64 valence electrons. The largest absolute Gasteiger partial charge is 0.342 e. The molecule has 0 atom stereocenters. The molecule has 1 amide bonds. The first-order valence-corrected chi connectivity index (χ1v) is 4.68. The Labute approximate surface area is 76.1 Å². The second-order valence-electron chi connectivity index (χ2n) is 3.62. The predicted octanol–water partition coefficient (Wildman–Crippen LogP) is 1.78. The fraction of sp³-hybridized carbons (Fsp3) is 0.875. The maximum atomic E-state index is 11.5. The lowest BCUT2D eigenvalue weighted by Crippen LogP contribution is -2.40. The Morgan fingerprint density at radius 1 is 1.55 bits per heavy atom. The molecule has 1 fully saturated rings. The number of amides is 1. The number of halogens is 1. The van der Waals surface area contributed by atoms with E-state index in [0.29, 0.717) is 6.04 Å². The average molecular weight is 220 g/mol. The van der Waals surface area contributed by atoms with E-state index >= 15 is 0 Å². The van der Waals surface area contributed by atoms with Gasteiger partial charge in [-0.25, -0.2) is 0 Å². The minimum Gasteiger partial charge on any atom is -0.342 e. The Hall–Kier alpha value is -0.0500. The van der Waals surface area contributed by atoms with E-state index in [1.807, 2.05) is 25.8 Å². The molecule has 0 unspecified atom stereocenters. The zero-order valence-corrected chi connectivity index (χ0v) is 8.81. The highest BCUT2D eigenvalue weighted by Crippen LogP contribution is 2.29. The van der Waals surface area contributed by atoms with Gasteiger partial charge >= 0.3 is 0 Å². The van der Waals surface area contributed by atoms with Gasteiger partial charge in [0.15, 0.2) is 0 Å². The first kappa shape index (κ1) is 9.04. The molecule has 3 heteroatoms. The minimum absolute atomic E-state index is 0.181. The third-order valence-electron chi connectivity index (χ3n) is 1.92. The van der Waals surface area contributed by atoms with Crippen LogP contribution in [-0.4, -0.2) is 28.2 Å². The summed E-state index contributed by atoms with van der Waals surface area (Å²) in [6, 6.07) is 0.513. The summed E-state index contributed by atoms with van der Waals surface area (Å²) in [7, 11) is 1.88. The van der Waals surface area contributed by atoms with Crippen LogP contribution in [0.3, 0.4) is 0 Å². The van der Waals surface area contributed by atoms with E-state index in [9.17, 15) is 4.79 Å². The van der Waals surface area contributed by atoms with Crippen molar-refractivity contribution >= 4 is 21.8 Å². The van der Waals surface area contributed by atoms with Crippen LogP contribution in [0.2, 0.25) is 0 Å². The summed E-state index contributed by atoms with van der Waals surface area (Å²) in [6.45, 7) is 3.77. The Morgan fingerprint density at radius 2 is 2.00 bits per heavy atom. The van der Waals surface area contributed by atoms with E-state index in [1.54, 1.807) is 0 Å². The van der Waals surface area contributed by atoms with E-state index in [-0.39, 0.29) is 5.91 Å². The van der Waals surface area contributed by atoms with Crippen molar-refractivity contribution in [1.82, 2.24) is 4.90 Å². The number of hydrogen-bond acceptors (Lipinski definition) is 1. The summed E-state index contributed by atoms with van der Waals surface area (Å²) in [5.74, 6) is 0.181. The molecule has 1 rings (SSSR count). The lowest BCUT2D eigenvalue weighted by atomic mass is 10.2. The molecule has 0 saturated heterocycles. The van der Waals surface area contributed by atoms with E-state index in [0.717, 1.165) is 0 Å². The van der Waals surface area contributed by atoms with Crippen molar-refractivity contribution in [2.45, 2.75) is 37.1 Å². The molecular formula is C8H14BrNO. The van der Waals surface area contributed by atoms with Crippen LogP contribution < -0.4 is 0 Å². The van der Waals surface area contributed by atoms with Crippen molar-refractivity contribution < 1.29 is 4.79 Å². The number of nitrogens with zero attached hydrogens (tertiary/aromatic N) is 1. The second-order valence-corrected chi connectivity index (χ2v) is 5.60. The van der Waals surface area contributed by atoms with Gasteiger partial charge in [-0.15, -0.1) is 0 Å². The van der Waals surface area contributed by atoms with Crippen molar-refractivity contribution in [2.24, 2.45) is 0 Å². The van der Waals surface area contributed by atoms with Gasteiger partial charge in [-0.1, -0.05) is 15.9 Å². The molecular weight excluding hydrogens is 206 g/mol. The maximum absolute atomic E-state index is 11.5. The quantitative estimate of drug-likeness (QED) is 0.649. The molecule has 0 aromatic heterocycles. The highest BCUT2D eigenvalue weighted by molar-refractivity contribution is 9.10. The van der Waals surface area contributed by atoms with Crippen molar-refractivity contribution in [3.63, 3.8) is 0 Å². The Bertz CT molecular complexity index is 169. The van der Waals surface area contributed by atoms with E-state index in [1.165, 1.54) is 12.8 Å². The van der Waals surface area contributed by atoms with Gasteiger partial charge in [0.05, 0.1) is 4.32 Å². The highest BCUT2D eigenvalue weighted by atomic mass is 79.9. The number of hydrogen-bond donors (Lipinski definition) is 0. The number of carbonyl (C=O) groups excluding carboxylic acids is 1. The van der Waals surface area contributed by atoms with Crippen molar-refractivity contribution in [3.05, 3.63) is 0 Å². The molecule has 1 saturated carbocycles. The van der Waals surface area contributed by atoms with Crippen LogP contribution in [0.25, 0.3) is 0 Å². The van der Waals surface area contributed by atoms with Crippen LogP contribution in [0.15, 0.2) is 0 Å². The third-order valence-corrected chi connectivity index (χ3v) is 2.26. The van der Waals surface area contributed by atoms with Gasteiger partial charge in [0.1, 0.15) is 0 Å². The number of carbonyl (C=O) groups is 1. The van der Waals surface area contributed by atoms with Crippen molar-refractivity contribution in [2.75, 3.05) is 7.05 Å². The first-order valence-electron chi connectivity index (χ1n) is 3.89. The molecule has 1 aliphatic rings. The Kier molecular flexibility index (Phi) is 2.28. The summed E-state index contributed by atoms with van der Waals surface area (Å²) >= 11 is 3.35. The summed E-state index contributed by atoms with van der Waals surface area (Å²) in [6.07, 6.45) is 2.34. The standard InChI is InChI=1S/C8H14BrNO/c1-8(2,9)7(11)10(3)6-4-5-6/h6H,4-5H2,1-3H3. The molecule has 11 heavy (non-hydrogen) atoms. The van der Waals surface area contributed by atoms with Gasteiger partial charge in [0, 0.05) is 13.1 Å². The minimum atomic E-state index is -0.398. The van der Waals surface area contributed by atoms with Gasteiger partial charge < -0.3 is 4.90 Å². The molecule has 0 aromatic rings. The normalized spacial score (nSPS) is 18.2. The molecule has 0 heterocycles. The fourth-order valence-corrected chi connectivity index (χ4v) is 1.33. The van der Waals surface area contributed by atoms with Gasteiger partial charge in [0.25, 0.3) is 0 Å². The lowest BCUT2D eigenvalue weighted by Gasteiger charge is -2.24. The Morgan fingerprint density at radius 3 is 2.27 bits per heavy atom. The van der Waals surface area contributed by atoms with Gasteiger partial charge in [-0.2, -0.15) is 0 Å². The SMILES string of the molecule is CN(C(=O)C(C)(C)Br)C1CC1. The predicted molar refractivity (Wildman–Crippen MR) is 48.8 cm³/mol. The lowest BCUT2D eigenvalue weighted by molar-refractivity contribution is -0.131. The van der Waals surface area contributed by atoms with E-state index in [2.05, 4.69) is 15.9 Å². The van der Waals surface area contributed by atoms with Gasteiger partial charge in [0.2, 0.25) is 5.91 Å². The zero-order valence-electron chi connectivity index (χ0n) is 7.22. The molecule has 0 spiro atoms. The molecule has 1 aliphatic carbocycles. The first-order chi connectivity index (χ1) is 4.93. The second kappa shape index (κ2) is 2.77. The summed E-state index contributed by atoms with van der Waals surface area (Å²) in [4.78, 5) is 13.4. The van der Waals surface area contributed by atoms with Crippen LogP contribution in [0.4, 0.5) is 0 Å². The smallest absolute Gasteiger partial charge is 0.238 e. The highest BCUT2D eigenvalue weighted by Gasteiger charge is 2.35. The fourth-order valence-electron chi connectivity index (χ4n) is 1.05. The van der Waals surface area contributed by atoms with Crippen LogP contribution >= 0.6 is 15.9 Å². The Balaban J connectivity index is 2.52. The third kappa shape index (κ3) is 2.19. The van der Waals surface area contributed by atoms with Crippen LogP contribution in [0, 0.1) is 0 Å². The molecule has 0 aromatic carbocycles. The molecule has 0 N–H and O–H groups in total. The number of rotatable bonds is 2. The molecule has 2 nitrogen and oxygen atoms in total. The summed E-state index contributed by atoms with van der Waals surface area (Å²) in [5, 5.41) is 0. The van der Waals surface area contributed by atoms with Crippen LogP contribution in [0.1, 0.15) is 26.7 Å². The van der Waals surface area contributed by atoms with Crippen molar-refractivity contribution in [3.8, 4) is 0 Å².